The molecule has 1 aliphatic rings. The summed E-state index contributed by atoms with van der Waals surface area (Å²) in [6.45, 7) is 2.59. The predicted molar refractivity (Wildman–Crippen MR) is 64.0 cm³/mol. The van der Waals surface area contributed by atoms with Gasteiger partial charge in [-0.1, -0.05) is 0 Å². The molecule has 0 amide bonds. The topological polar surface area (TPSA) is 78.1 Å². The lowest BCUT2D eigenvalue weighted by Crippen LogP contribution is -2.36. The molecular formula is C10H18N4O2S. The predicted octanol–water partition coefficient (Wildman–Crippen LogP) is 0.0298. The second-order valence-electron chi connectivity index (χ2n) is 4.53. The second kappa shape index (κ2) is 5.16. The maximum Gasteiger partial charge on any atom is 0.243 e. The van der Waals surface area contributed by atoms with E-state index in [2.05, 4.69) is 26.9 Å². The van der Waals surface area contributed by atoms with Crippen LogP contribution in [-0.4, -0.2) is 50.2 Å². The standard InChI is InChI=1S/C10H18N4O2S/c1-14-4-2-9(3-5-14)6-13-17(15,16)10-7-11-12-8-10/h7-9,13H,2-6H2,1H3,(H,11,12). The lowest BCUT2D eigenvalue weighted by molar-refractivity contribution is 0.220. The molecule has 0 spiro atoms. The number of hydrogen-bond acceptors (Lipinski definition) is 4. The van der Waals surface area contributed by atoms with Crippen LogP contribution in [0.1, 0.15) is 12.8 Å². The summed E-state index contributed by atoms with van der Waals surface area (Å²) in [4.78, 5) is 2.46. The van der Waals surface area contributed by atoms with Gasteiger partial charge in [0.25, 0.3) is 0 Å². The van der Waals surface area contributed by atoms with E-state index in [0.717, 1.165) is 25.9 Å². The summed E-state index contributed by atoms with van der Waals surface area (Å²) < 4.78 is 26.3. The van der Waals surface area contributed by atoms with Gasteiger partial charge in [0.1, 0.15) is 4.90 Å². The van der Waals surface area contributed by atoms with Crippen LogP contribution in [-0.2, 0) is 10.0 Å². The lowest BCUT2D eigenvalue weighted by Gasteiger charge is -2.28. The van der Waals surface area contributed by atoms with Gasteiger partial charge in [-0.2, -0.15) is 5.10 Å². The number of piperidine rings is 1. The largest absolute Gasteiger partial charge is 0.306 e. The van der Waals surface area contributed by atoms with Crippen molar-refractivity contribution in [3.8, 4) is 0 Å². The van der Waals surface area contributed by atoms with Crippen molar-refractivity contribution in [2.75, 3.05) is 26.7 Å². The average Bonchev–Trinajstić information content (AvgIpc) is 2.82. The minimum Gasteiger partial charge on any atom is -0.306 e. The molecule has 2 N–H and O–H groups in total. The van der Waals surface area contributed by atoms with Gasteiger partial charge in [-0.25, -0.2) is 13.1 Å². The molecule has 2 rings (SSSR count). The Bertz CT molecular complexity index is 435. The zero-order chi connectivity index (χ0) is 12.3. The van der Waals surface area contributed by atoms with E-state index in [1.54, 1.807) is 0 Å². The number of aromatic amines is 1. The van der Waals surface area contributed by atoms with Gasteiger partial charge in [-0.05, 0) is 38.9 Å². The Morgan fingerprint density at radius 1 is 1.53 bits per heavy atom. The first kappa shape index (κ1) is 12.5. The number of nitrogens with one attached hydrogen (secondary N) is 2. The third-order valence-electron chi connectivity index (χ3n) is 3.18. The summed E-state index contributed by atoms with van der Waals surface area (Å²) in [6, 6.07) is 0. The molecular weight excluding hydrogens is 240 g/mol. The highest BCUT2D eigenvalue weighted by Gasteiger charge is 2.20. The van der Waals surface area contributed by atoms with Gasteiger partial charge in [0.2, 0.25) is 10.0 Å². The Labute approximate surface area is 101 Å². The highest BCUT2D eigenvalue weighted by atomic mass is 32.2. The van der Waals surface area contributed by atoms with Gasteiger partial charge in [0.05, 0.1) is 6.20 Å². The number of hydrogen-bond donors (Lipinski definition) is 2. The summed E-state index contributed by atoms with van der Waals surface area (Å²) in [7, 11) is -1.30. The SMILES string of the molecule is CN1CCC(CNS(=O)(=O)c2cn[nH]c2)CC1. The van der Waals surface area contributed by atoms with Crippen molar-refractivity contribution in [2.24, 2.45) is 5.92 Å². The van der Waals surface area contributed by atoms with Gasteiger partial charge >= 0.3 is 0 Å². The van der Waals surface area contributed by atoms with Crippen LogP contribution in [0.2, 0.25) is 0 Å². The first-order valence-electron chi connectivity index (χ1n) is 5.75. The fraction of sp³-hybridized carbons (Fsp3) is 0.700. The van der Waals surface area contributed by atoms with Gasteiger partial charge in [-0.15, -0.1) is 0 Å². The first-order valence-corrected chi connectivity index (χ1v) is 7.23. The van der Waals surface area contributed by atoms with Gasteiger partial charge in [-0.3, -0.25) is 5.10 Å². The van der Waals surface area contributed by atoms with E-state index >= 15 is 0 Å². The summed E-state index contributed by atoms with van der Waals surface area (Å²) in [5, 5.41) is 6.15. The molecule has 0 aliphatic carbocycles. The third-order valence-corrected chi connectivity index (χ3v) is 4.57. The summed E-state index contributed by atoms with van der Waals surface area (Å²) >= 11 is 0. The van der Waals surface area contributed by atoms with Crippen LogP contribution in [0, 0.1) is 5.92 Å². The van der Waals surface area contributed by atoms with Crippen LogP contribution in [0.25, 0.3) is 0 Å². The number of aromatic nitrogens is 2. The maximum atomic E-state index is 11.8. The van der Waals surface area contributed by atoms with Crippen LogP contribution < -0.4 is 4.72 Å². The number of nitrogens with zero attached hydrogens (tertiary/aromatic N) is 2. The molecule has 96 valence electrons. The molecule has 0 atom stereocenters. The molecule has 1 fully saturated rings. The molecule has 0 radical (unpaired) electrons. The van der Waals surface area contributed by atoms with Gasteiger partial charge in [0.15, 0.2) is 0 Å². The van der Waals surface area contributed by atoms with E-state index < -0.39 is 10.0 Å². The Kier molecular flexibility index (Phi) is 3.80. The molecule has 1 aromatic heterocycles. The molecule has 0 unspecified atom stereocenters. The molecule has 0 saturated carbocycles. The molecule has 6 nitrogen and oxygen atoms in total. The van der Waals surface area contributed by atoms with Gasteiger partial charge in [0, 0.05) is 12.7 Å². The average molecular weight is 258 g/mol. The van der Waals surface area contributed by atoms with Crippen LogP contribution in [0.3, 0.4) is 0 Å². The normalized spacial score (nSPS) is 19.6. The van der Waals surface area contributed by atoms with E-state index in [4.69, 9.17) is 0 Å². The van der Waals surface area contributed by atoms with Crippen molar-refractivity contribution in [3.05, 3.63) is 12.4 Å². The number of likely N-dealkylation sites (tertiary alicyclic amines) is 1. The minimum atomic E-state index is -3.39. The van der Waals surface area contributed by atoms with E-state index in [9.17, 15) is 8.42 Å². The van der Waals surface area contributed by atoms with Crippen LogP contribution in [0.15, 0.2) is 17.3 Å². The number of rotatable bonds is 4. The van der Waals surface area contributed by atoms with E-state index in [1.165, 1.54) is 12.4 Å². The summed E-state index contributed by atoms with van der Waals surface area (Å²) in [5.41, 5.74) is 0. The molecule has 1 saturated heterocycles. The van der Waals surface area contributed by atoms with Crippen molar-refractivity contribution in [3.63, 3.8) is 0 Å². The second-order valence-corrected chi connectivity index (χ2v) is 6.30. The van der Waals surface area contributed by atoms with Crippen LogP contribution in [0.4, 0.5) is 0 Å². The Morgan fingerprint density at radius 2 is 2.24 bits per heavy atom. The van der Waals surface area contributed by atoms with Crippen molar-refractivity contribution in [1.29, 1.82) is 0 Å². The fourth-order valence-corrected chi connectivity index (χ4v) is 2.98. The first-order chi connectivity index (χ1) is 8.08. The molecule has 7 heteroatoms. The fourth-order valence-electron chi connectivity index (χ4n) is 1.96. The molecule has 2 heterocycles. The van der Waals surface area contributed by atoms with Crippen molar-refractivity contribution >= 4 is 10.0 Å². The Hall–Kier alpha value is -0.920. The zero-order valence-corrected chi connectivity index (χ0v) is 10.7. The van der Waals surface area contributed by atoms with Crippen molar-refractivity contribution in [1.82, 2.24) is 19.8 Å². The van der Waals surface area contributed by atoms with Crippen molar-refractivity contribution < 1.29 is 8.42 Å². The number of H-pyrrole nitrogens is 1. The van der Waals surface area contributed by atoms with E-state index in [1.807, 2.05) is 0 Å². The maximum absolute atomic E-state index is 11.8. The smallest absolute Gasteiger partial charge is 0.243 e. The lowest BCUT2D eigenvalue weighted by atomic mass is 9.98. The van der Waals surface area contributed by atoms with E-state index in [0.29, 0.717) is 12.5 Å². The number of sulfonamides is 1. The summed E-state index contributed by atoms with van der Waals surface area (Å²) in [5.74, 6) is 0.438. The highest BCUT2D eigenvalue weighted by molar-refractivity contribution is 7.89. The molecule has 0 bridgehead atoms. The Balaban J connectivity index is 1.86. The highest BCUT2D eigenvalue weighted by Crippen LogP contribution is 2.15. The molecule has 17 heavy (non-hydrogen) atoms. The monoisotopic (exact) mass is 258 g/mol. The Morgan fingerprint density at radius 3 is 2.82 bits per heavy atom. The minimum absolute atomic E-state index is 0.199. The third kappa shape index (κ3) is 3.27. The van der Waals surface area contributed by atoms with Gasteiger partial charge < -0.3 is 4.90 Å². The molecule has 1 aromatic rings. The molecule has 0 aromatic carbocycles. The summed E-state index contributed by atoms with van der Waals surface area (Å²) in [6.07, 6.45) is 4.79. The van der Waals surface area contributed by atoms with Crippen LogP contribution >= 0.6 is 0 Å². The zero-order valence-electron chi connectivity index (χ0n) is 9.89. The van der Waals surface area contributed by atoms with E-state index in [-0.39, 0.29) is 4.90 Å². The molecule has 1 aliphatic heterocycles. The quantitative estimate of drug-likeness (QED) is 0.798. The van der Waals surface area contributed by atoms with Crippen molar-refractivity contribution in [2.45, 2.75) is 17.7 Å². The van der Waals surface area contributed by atoms with Crippen LogP contribution in [0.5, 0.6) is 0 Å².